The van der Waals surface area contributed by atoms with Gasteiger partial charge in [-0.05, 0) is 81.9 Å². The summed E-state index contributed by atoms with van der Waals surface area (Å²) < 4.78 is 5.14. The highest BCUT2D eigenvalue weighted by atomic mass is 32.1. The molecule has 0 saturated heterocycles. The molecule has 1 N–H and O–H groups in total. The number of benzene rings is 2. The van der Waals surface area contributed by atoms with Crippen molar-refractivity contribution in [2.45, 2.75) is 33.2 Å². The van der Waals surface area contributed by atoms with Gasteiger partial charge in [-0.3, -0.25) is 10.1 Å². The van der Waals surface area contributed by atoms with Crippen molar-refractivity contribution in [1.29, 1.82) is 0 Å². The number of hydrogen-bond donors (Lipinski definition) is 1. The van der Waals surface area contributed by atoms with E-state index in [4.69, 9.17) is 17.0 Å². The standard InChI is InChI=1S/C22H24N2O2S/c1-14-6-11-19-18(12-14)15(2)13-22(3,4)24(19)21(27)23-20(25)16-7-9-17(26-5)10-8-16/h6-13H,1-5H3,(H,23,25,27). The zero-order chi connectivity index (χ0) is 19.8. The van der Waals surface area contributed by atoms with Crippen molar-refractivity contribution in [3.63, 3.8) is 0 Å². The molecule has 0 spiro atoms. The van der Waals surface area contributed by atoms with Crippen molar-refractivity contribution in [2.75, 3.05) is 12.0 Å². The molecular weight excluding hydrogens is 356 g/mol. The molecule has 0 radical (unpaired) electrons. The summed E-state index contributed by atoms with van der Waals surface area (Å²) in [5.41, 5.74) is 4.72. The van der Waals surface area contributed by atoms with Gasteiger partial charge in [0, 0.05) is 11.1 Å². The van der Waals surface area contributed by atoms with Gasteiger partial charge in [-0.25, -0.2) is 0 Å². The van der Waals surface area contributed by atoms with Crippen LogP contribution in [-0.4, -0.2) is 23.7 Å². The summed E-state index contributed by atoms with van der Waals surface area (Å²) in [4.78, 5) is 14.7. The number of allylic oxidation sites excluding steroid dienone is 1. The maximum Gasteiger partial charge on any atom is 0.257 e. The van der Waals surface area contributed by atoms with Crippen LogP contribution in [0.15, 0.2) is 48.5 Å². The largest absolute Gasteiger partial charge is 0.497 e. The molecule has 0 fully saturated rings. The monoisotopic (exact) mass is 380 g/mol. The van der Waals surface area contributed by atoms with Crippen LogP contribution in [0.5, 0.6) is 5.75 Å². The number of carbonyl (C=O) groups is 1. The van der Waals surface area contributed by atoms with Gasteiger partial charge < -0.3 is 9.64 Å². The molecule has 27 heavy (non-hydrogen) atoms. The van der Waals surface area contributed by atoms with E-state index in [0.717, 1.165) is 11.3 Å². The fourth-order valence-corrected chi connectivity index (χ4v) is 3.91. The van der Waals surface area contributed by atoms with Gasteiger partial charge in [-0.15, -0.1) is 0 Å². The first kappa shape index (κ1) is 19.1. The van der Waals surface area contributed by atoms with E-state index in [9.17, 15) is 4.79 Å². The fourth-order valence-electron chi connectivity index (χ4n) is 3.48. The third kappa shape index (κ3) is 3.74. The maximum atomic E-state index is 12.7. The van der Waals surface area contributed by atoms with E-state index >= 15 is 0 Å². The van der Waals surface area contributed by atoms with Crippen molar-refractivity contribution < 1.29 is 9.53 Å². The quantitative estimate of drug-likeness (QED) is 0.766. The summed E-state index contributed by atoms with van der Waals surface area (Å²) in [7, 11) is 1.59. The van der Waals surface area contributed by atoms with Gasteiger partial charge in [0.1, 0.15) is 5.75 Å². The normalized spacial score (nSPS) is 14.9. The Hall–Kier alpha value is -2.66. The van der Waals surface area contributed by atoms with Gasteiger partial charge in [0.05, 0.1) is 18.3 Å². The van der Waals surface area contributed by atoms with Gasteiger partial charge in [-0.2, -0.15) is 0 Å². The predicted molar refractivity (Wildman–Crippen MR) is 114 cm³/mol. The molecule has 0 atom stereocenters. The zero-order valence-corrected chi connectivity index (χ0v) is 17.1. The summed E-state index contributed by atoms with van der Waals surface area (Å²) in [6, 6.07) is 13.2. The smallest absolute Gasteiger partial charge is 0.257 e. The minimum absolute atomic E-state index is 0.238. The molecule has 0 bridgehead atoms. The number of methoxy groups -OCH3 is 1. The zero-order valence-electron chi connectivity index (χ0n) is 16.3. The Balaban J connectivity index is 1.90. The topological polar surface area (TPSA) is 41.6 Å². The van der Waals surface area contributed by atoms with Gasteiger partial charge in [0.2, 0.25) is 0 Å². The summed E-state index contributed by atoms with van der Waals surface area (Å²) >= 11 is 5.64. The highest BCUT2D eigenvalue weighted by Gasteiger charge is 2.34. The number of thiocarbonyl (C=S) groups is 1. The van der Waals surface area contributed by atoms with E-state index in [0.29, 0.717) is 16.4 Å². The van der Waals surface area contributed by atoms with Gasteiger partial charge in [0.15, 0.2) is 5.11 Å². The number of nitrogens with zero attached hydrogens (tertiary/aromatic N) is 1. The molecule has 0 unspecified atom stereocenters. The summed E-state index contributed by atoms with van der Waals surface area (Å²) in [5, 5.41) is 3.26. The molecule has 5 heteroatoms. The minimum Gasteiger partial charge on any atom is -0.497 e. The average molecular weight is 381 g/mol. The Morgan fingerprint density at radius 2 is 1.78 bits per heavy atom. The average Bonchev–Trinajstić information content (AvgIpc) is 2.61. The van der Waals surface area contributed by atoms with Crippen LogP contribution in [0.1, 0.15) is 42.3 Å². The molecule has 2 aromatic rings. The van der Waals surface area contributed by atoms with Crippen LogP contribution in [0.4, 0.5) is 5.69 Å². The molecular formula is C22H24N2O2S. The first-order chi connectivity index (χ1) is 12.7. The van der Waals surface area contributed by atoms with Crippen molar-refractivity contribution in [3.05, 3.63) is 65.2 Å². The van der Waals surface area contributed by atoms with E-state index in [1.165, 1.54) is 11.1 Å². The molecule has 2 aromatic carbocycles. The lowest BCUT2D eigenvalue weighted by atomic mass is 9.88. The predicted octanol–water partition coefficient (Wildman–Crippen LogP) is 4.72. The number of rotatable bonds is 2. The second-order valence-electron chi connectivity index (χ2n) is 7.32. The lowest BCUT2D eigenvalue weighted by Gasteiger charge is -2.43. The first-order valence-electron chi connectivity index (χ1n) is 8.83. The van der Waals surface area contributed by atoms with Crippen molar-refractivity contribution >= 4 is 34.5 Å². The van der Waals surface area contributed by atoms with Crippen LogP contribution in [-0.2, 0) is 0 Å². The number of fused-ring (bicyclic) bond motifs is 1. The number of nitrogens with one attached hydrogen (secondary N) is 1. The number of carbonyl (C=O) groups excluding carboxylic acids is 1. The van der Waals surface area contributed by atoms with Crippen LogP contribution < -0.4 is 15.0 Å². The molecule has 140 valence electrons. The number of hydrogen-bond acceptors (Lipinski definition) is 3. The summed E-state index contributed by atoms with van der Waals surface area (Å²) in [5.74, 6) is 0.467. The van der Waals surface area contributed by atoms with E-state index in [1.54, 1.807) is 31.4 Å². The van der Waals surface area contributed by atoms with Crippen molar-refractivity contribution in [1.82, 2.24) is 5.32 Å². The van der Waals surface area contributed by atoms with E-state index in [2.05, 4.69) is 57.3 Å². The van der Waals surface area contributed by atoms with E-state index < -0.39 is 0 Å². The second-order valence-corrected chi connectivity index (χ2v) is 7.71. The molecule has 0 aliphatic carbocycles. The maximum absolute atomic E-state index is 12.7. The van der Waals surface area contributed by atoms with Crippen LogP contribution in [0, 0.1) is 6.92 Å². The van der Waals surface area contributed by atoms with Crippen LogP contribution in [0.2, 0.25) is 0 Å². The molecule has 0 saturated carbocycles. The molecule has 0 aromatic heterocycles. The summed E-state index contributed by atoms with van der Waals surface area (Å²) in [6.07, 6.45) is 2.18. The van der Waals surface area contributed by atoms with E-state index in [1.807, 2.05) is 4.90 Å². The van der Waals surface area contributed by atoms with Crippen LogP contribution in [0.25, 0.3) is 5.57 Å². The Morgan fingerprint density at radius 1 is 1.11 bits per heavy atom. The third-order valence-electron chi connectivity index (χ3n) is 4.74. The third-order valence-corrected chi connectivity index (χ3v) is 5.02. The first-order valence-corrected chi connectivity index (χ1v) is 9.24. The Morgan fingerprint density at radius 3 is 2.41 bits per heavy atom. The highest BCUT2D eigenvalue weighted by molar-refractivity contribution is 7.80. The highest BCUT2D eigenvalue weighted by Crippen LogP contribution is 2.39. The Kier molecular flexibility index (Phi) is 5.07. The van der Waals surface area contributed by atoms with Crippen molar-refractivity contribution in [3.8, 4) is 5.75 Å². The molecule has 1 heterocycles. The number of anilines is 1. The number of amides is 1. The number of ether oxygens (including phenoxy) is 1. The lowest BCUT2D eigenvalue weighted by molar-refractivity contribution is 0.0977. The minimum atomic E-state index is -0.351. The van der Waals surface area contributed by atoms with Crippen molar-refractivity contribution in [2.24, 2.45) is 0 Å². The van der Waals surface area contributed by atoms with Crippen LogP contribution >= 0.6 is 12.2 Å². The van der Waals surface area contributed by atoms with Gasteiger partial charge in [-0.1, -0.05) is 17.7 Å². The lowest BCUT2D eigenvalue weighted by Crippen LogP contribution is -2.54. The molecule has 3 rings (SSSR count). The fraction of sp³-hybridized carbons (Fsp3) is 0.273. The Bertz CT molecular complexity index is 930. The second kappa shape index (κ2) is 7.16. The molecule has 1 aliphatic rings. The molecule has 4 nitrogen and oxygen atoms in total. The molecule has 1 aliphatic heterocycles. The summed E-state index contributed by atoms with van der Waals surface area (Å²) in [6.45, 7) is 8.36. The SMILES string of the molecule is COc1ccc(C(=O)NC(=S)N2c3ccc(C)cc3C(C)=CC2(C)C)cc1. The van der Waals surface area contributed by atoms with Gasteiger partial charge in [0.25, 0.3) is 5.91 Å². The van der Waals surface area contributed by atoms with Gasteiger partial charge >= 0.3 is 0 Å². The van der Waals surface area contributed by atoms with Crippen LogP contribution in [0.3, 0.4) is 0 Å². The number of aryl methyl sites for hydroxylation is 1. The Labute approximate surface area is 165 Å². The van der Waals surface area contributed by atoms with E-state index in [-0.39, 0.29) is 11.4 Å². The molecule has 1 amide bonds.